The third-order valence-electron chi connectivity index (χ3n) is 3.71. The molecular formula is C14H18Zr. The van der Waals surface area contributed by atoms with Crippen LogP contribution in [0.15, 0.2) is 45.8 Å². The second-order valence-electron chi connectivity index (χ2n) is 4.66. The minimum Gasteiger partial charge on any atom is -1.00 e. The summed E-state index contributed by atoms with van der Waals surface area (Å²) < 4.78 is 2.89. The van der Waals surface area contributed by atoms with Gasteiger partial charge in [-0.05, 0) is 0 Å². The fraction of sp³-hybridized carbons (Fsp3) is 0.429. The van der Waals surface area contributed by atoms with Crippen molar-refractivity contribution in [3.8, 4) is 0 Å². The van der Waals surface area contributed by atoms with Crippen LogP contribution in [0.5, 0.6) is 0 Å². The van der Waals surface area contributed by atoms with Crippen LogP contribution in [-0.4, -0.2) is 0 Å². The SMILES string of the molecule is C1=CC[C]([Zr+2][CH]2CCC3C=CC=CC32)=C1.[H-].[H-]. The molecule has 0 spiro atoms. The first-order valence-corrected chi connectivity index (χ1v) is 8.55. The van der Waals surface area contributed by atoms with Crippen molar-refractivity contribution in [3.05, 3.63) is 45.8 Å². The normalized spacial score (nSPS) is 36.5. The third kappa shape index (κ3) is 2.04. The van der Waals surface area contributed by atoms with Gasteiger partial charge in [0.05, 0.1) is 0 Å². The van der Waals surface area contributed by atoms with E-state index in [9.17, 15) is 0 Å². The maximum Gasteiger partial charge on any atom is -1.00 e. The van der Waals surface area contributed by atoms with Gasteiger partial charge in [-0.25, -0.2) is 0 Å². The van der Waals surface area contributed by atoms with Crippen molar-refractivity contribution < 1.29 is 26.1 Å². The molecule has 3 aliphatic carbocycles. The smallest absolute Gasteiger partial charge is 1.00 e. The summed E-state index contributed by atoms with van der Waals surface area (Å²) >= 11 is -0.282. The van der Waals surface area contributed by atoms with Crippen molar-refractivity contribution in [2.75, 3.05) is 0 Å². The first-order valence-electron chi connectivity index (χ1n) is 5.91. The summed E-state index contributed by atoms with van der Waals surface area (Å²) in [7, 11) is 0. The molecule has 3 aliphatic rings. The van der Waals surface area contributed by atoms with E-state index < -0.39 is 0 Å². The van der Waals surface area contributed by atoms with Crippen LogP contribution in [0.2, 0.25) is 3.63 Å². The standard InChI is InChI=1S/C9H11.C5H5.Zr.2H/c1-2-5-9-7-3-6-8(9)4-1;1-2-4-5-3-1;;;/h1-2,4-6,8-9H,3,7H2;1-3H,4H2;;;/q;;+2;2*-1. The van der Waals surface area contributed by atoms with Gasteiger partial charge >= 0.3 is 104 Å². The van der Waals surface area contributed by atoms with E-state index in [1.807, 2.05) is 3.28 Å². The summed E-state index contributed by atoms with van der Waals surface area (Å²) in [5.74, 6) is 1.79. The molecule has 0 radical (unpaired) electrons. The molecule has 0 saturated heterocycles. The fourth-order valence-corrected chi connectivity index (χ4v) is 7.26. The van der Waals surface area contributed by atoms with E-state index in [1.54, 1.807) is 0 Å². The van der Waals surface area contributed by atoms with Crippen molar-refractivity contribution in [2.45, 2.75) is 22.9 Å². The molecule has 0 aromatic carbocycles. The van der Waals surface area contributed by atoms with Crippen molar-refractivity contribution in [2.24, 2.45) is 11.8 Å². The summed E-state index contributed by atoms with van der Waals surface area (Å²) in [6.45, 7) is 0. The molecule has 0 aliphatic heterocycles. The predicted molar refractivity (Wildman–Crippen MR) is 62.3 cm³/mol. The molecule has 1 fully saturated rings. The minimum absolute atomic E-state index is 0. The number of allylic oxidation sites excluding steroid dienone is 8. The minimum atomic E-state index is -0.282. The first-order chi connectivity index (χ1) is 7.43. The van der Waals surface area contributed by atoms with Crippen molar-refractivity contribution in [1.29, 1.82) is 0 Å². The van der Waals surface area contributed by atoms with E-state index in [4.69, 9.17) is 0 Å². The van der Waals surface area contributed by atoms with Crippen molar-refractivity contribution in [3.63, 3.8) is 0 Å². The monoisotopic (exact) mass is 276 g/mol. The van der Waals surface area contributed by atoms with E-state index >= 15 is 0 Å². The molecular weight excluding hydrogens is 259 g/mol. The molecule has 0 heterocycles. The molecule has 0 aromatic heterocycles. The molecule has 3 rings (SSSR count). The van der Waals surface area contributed by atoms with E-state index in [0.717, 1.165) is 15.5 Å². The van der Waals surface area contributed by atoms with E-state index in [1.165, 1.54) is 19.3 Å². The average molecular weight is 278 g/mol. The Kier molecular flexibility index (Phi) is 2.92. The summed E-state index contributed by atoms with van der Waals surface area (Å²) in [5, 5.41) is 0. The Balaban J connectivity index is 0.000000722. The van der Waals surface area contributed by atoms with Gasteiger partial charge in [0.15, 0.2) is 0 Å². The van der Waals surface area contributed by atoms with E-state index in [0.29, 0.717) is 0 Å². The van der Waals surface area contributed by atoms with Crippen LogP contribution in [0, 0.1) is 11.8 Å². The van der Waals surface area contributed by atoms with Crippen LogP contribution in [-0.2, 0) is 23.2 Å². The van der Waals surface area contributed by atoms with Crippen molar-refractivity contribution in [1.82, 2.24) is 0 Å². The van der Waals surface area contributed by atoms with Gasteiger partial charge in [-0.1, -0.05) is 0 Å². The summed E-state index contributed by atoms with van der Waals surface area (Å²) in [6.07, 6.45) is 20.6. The number of fused-ring (bicyclic) bond motifs is 1. The van der Waals surface area contributed by atoms with Gasteiger partial charge in [-0.2, -0.15) is 0 Å². The van der Waals surface area contributed by atoms with Crippen LogP contribution in [0.1, 0.15) is 22.1 Å². The number of rotatable bonds is 2. The van der Waals surface area contributed by atoms with Crippen LogP contribution in [0.4, 0.5) is 0 Å². The zero-order valence-electron chi connectivity index (χ0n) is 10.9. The Morgan fingerprint density at radius 1 is 1.13 bits per heavy atom. The number of hydrogen-bond acceptors (Lipinski definition) is 0. The zero-order valence-corrected chi connectivity index (χ0v) is 11.4. The molecule has 1 saturated carbocycles. The maximum atomic E-state index is 2.48. The second-order valence-corrected chi connectivity index (χ2v) is 8.77. The molecule has 1 heteroatoms. The molecule has 0 nitrogen and oxygen atoms in total. The first kappa shape index (κ1) is 10.0. The van der Waals surface area contributed by atoms with Crippen LogP contribution < -0.4 is 0 Å². The Morgan fingerprint density at radius 2 is 2.07 bits per heavy atom. The Labute approximate surface area is 106 Å². The van der Waals surface area contributed by atoms with Crippen LogP contribution in [0.25, 0.3) is 0 Å². The fourth-order valence-electron chi connectivity index (χ4n) is 2.92. The second kappa shape index (κ2) is 4.38. The van der Waals surface area contributed by atoms with Gasteiger partial charge in [-0.15, -0.1) is 0 Å². The van der Waals surface area contributed by atoms with Gasteiger partial charge in [-0.3, -0.25) is 0 Å². The van der Waals surface area contributed by atoms with Gasteiger partial charge in [0.1, 0.15) is 0 Å². The zero-order chi connectivity index (χ0) is 10.1. The van der Waals surface area contributed by atoms with Crippen molar-refractivity contribution >= 4 is 0 Å². The summed E-state index contributed by atoms with van der Waals surface area (Å²) in [6, 6.07) is 0. The quantitative estimate of drug-likeness (QED) is 0.713. The molecule has 0 N–H and O–H groups in total. The summed E-state index contributed by atoms with van der Waals surface area (Å²) in [5.41, 5.74) is 0. The average Bonchev–Trinajstić information content (AvgIpc) is 2.89. The molecule has 78 valence electrons. The molecule has 0 aromatic rings. The molecule has 3 atom stereocenters. The molecule has 0 bridgehead atoms. The van der Waals surface area contributed by atoms with Gasteiger partial charge in [0.25, 0.3) is 0 Å². The van der Waals surface area contributed by atoms with Crippen LogP contribution >= 0.6 is 0 Å². The van der Waals surface area contributed by atoms with E-state index in [-0.39, 0.29) is 26.1 Å². The van der Waals surface area contributed by atoms with Gasteiger partial charge in [0, 0.05) is 0 Å². The van der Waals surface area contributed by atoms with Crippen LogP contribution in [0.3, 0.4) is 0 Å². The predicted octanol–water partition coefficient (Wildman–Crippen LogP) is 4.08. The number of hydrogen-bond donors (Lipinski definition) is 0. The Hall–Kier alpha value is -0.157. The molecule has 0 amide bonds. The Bertz CT molecular complexity index is 368. The summed E-state index contributed by atoms with van der Waals surface area (Å²) in [4.78, 5) is 0. The topological polar surface area (TPSA) is 0 Å². The Morgan fingerprint density at radius 3 is 2.93 bits per heavy atom. The maximum absolute atomic E-state index is 2.48. The molecule has 15 heavy (non-hydrogen) atoms. The molecule has 3 unspecified atom stereocenters. The van der Waals surface area contributed by atoms with Gasteiger partial charge < -0.3 is 2.85 Å². The largest absolute Gasteiger partial charge is 1.00 e. The third-order valence-corrected chi connectivity index (χ3v) is 8.10. The van der Waals surface area contributed by atoms with Gasteiger partial charge in [0.2, 0.25) is 0 Å². The van der Waals surface area contributed by atoms with E-state index in [2.05, 4.69) is 42.5 Å².